The van der Waals surface area contributed by atoms with Crippen molar-refractivity contribution < 1.29 is 0 Å². The summed E-state index contributed by atoms with van der Waals surface area (Å²) in [7, 11) is 0. The highest BCUT2D eigenvalue weighted by Crippen LogP contribution is 2.28. The van der Waals surface area contributed by atoms with Crippen LogP contribution in [0, 0.1) is 0 Å². The third-order valence-corrected chi connectivity index (χ3v) is 4.03. The summed E-state index contributed by atoms with van der Waals surface area (Å²) in [6, 6.07) is 29.0. The summed E-state index contributed by atoms with van der Waals surface area (Å²) in [5, 5.41) is 11.4. The number of rotatable bonds is 3. The first-order chi connectivity index (χ1) is 11.4. The molecule has 23 heavy (non-hydrogen) atoms. The second-order valence-corrected chi connectivity index (χ2v) is 5.57. The standard InChI is InChI=1S/C21H16N2/c1-3-9-16(10-4-1)15-20-18-13-7-8-14-19(18)21(23-22-20)17-11-5-2-6-12-17/h1-14H,15H2. The number of hydrogen-bond donors (Lipinski definition) is 0. The van der Waals surface area contributed by atoms with Gasteiger partial charge in [0.2, 0.25) is 0 Å². The zero-order valence-electron chi connectivity index (χ0n) is 12.7. The molecule has 110 valence electrons. The highest BCUT2D eigenvalue weighted by molar-refractivity contribution is 5.95. The summed E-state index contributed by atoms with van der Waals surface area (Å²) in [5.41, 5.74) is 4.31. The average molecular weight is 296 g/mol. The molecule has 0 saturated heterocycles. The molecule has 0 N–H and O–H groups in total. The summed E-state index contributed by atoms with van der Waals surface area (Å²) < 4.78 is 0. The van der Waals surface area contributed by atoms with E-state index in [0.29, 0.717) is 0 Å². The largest absolute Gasteiger partial charge is 0.154 e. The topological polar surface area (TPSA) is 25.8 Å². The first-order valence-electron chi connectivity index (χ1n) is 7.75. The van der Waals surface area contributed by atoms with Crippen LogP contribution in [-0.4, -0.2) is 10.2 Å². The SMILES string of the molecule is c1ccc(Cc2nnc(-c3ccccc3)c3ccccc23)cc1. The van der Waals surface area contributed by atoms with Gasteiger partial charge in [-0.1, -0.05) is 84.9 Å². The Kier molecular flexibility index (Phi) is 3.57. The predicted molar refractivity (Wildman–Crippen MR) is 94.2 cm³/mol. The van der Waals surface area contributed by atoms with Gasteiger partial charge in [0.25, 0.3) is 0 Å². The van der Waals surface area contributed by atoms with E-state index in [-0.39, 0.29) is 0 Å². The van der Waals surface area contributed by atoms with Crippen LogP contribution in [0.4, 0.5) is 0 Å². The van der Waals surface area contributed by atoms with Crippen LogP contribution in [0.2, 0.25) is 0 Å². The highest BCUT2D eigenvalue weighted by Gasteiger charge is 2.10. The van der Waals surface area contributed by atoms with Gasteiger partial charge in [-0.3, -0.25) is 0 Å². The average Bonchev–Trinajstić information content (AvgIpc) is 2.64. The molecule has 0 atom stereocenters. The third-order valence-electron chi connectivity index (χ3n) is 4.03. The summed E-state index contributed by atoms with van der Waals surface area (Å²) in [6.45, 7) is 0. The van der Waals surface area contributed by atoms with E-state index in [2.05, 4.69) is 70.9 Å². The zero-order valence-corrected chi connectivity index (χ0v) is 12.7. The lowest BCUT2D eigenvalue weighted by atomic mass is 10.0. The zero-order chi connectivity index (χ0) is 15.5. The molecule has 4 aromatic rings. The first-order valence-corrected chi connectivity index (χ1v) is 7.75. The Bertz CT molecular complexity index is 931. The van der Waals surface area contributed by atoms with E-state index < -0.39 is 0 Å². The van der Waals surface area contributed by atoms with Crippen LogP contribution in [-0.2, 0) is 6.42 Å². The van der Waals surface area contributed by atoms with Crippen molar-refractivity contribution in [2.75, 3.05) is 0 Å². The van der Waals surface area contributed by atoms with E-state index in [1.165, 1.54) is 10.9 Å². The molecule has 1 aromatic heterocycles. The lowest BCUT2D eigenvalue weighted by molar-refractivity contribution is 0.963. The van der Waals surface area contributed by atoms with Crippen LogP contribution in [0.15, 0.2) is 84.9 Å². The van der Waals surface area contributed by atoms with E-state index >= 15 is 0 Å². The monoisotopic (exact) mass is 296 g/mol. The molecule has 3 aromatic carbocycles. The van der Waals surface area contributed by atoms with Crippen LogP contribution in [0.1, 0.15) is 11.3 Å². The van der Waals surface area contributed by atoms with Gasteiger partial charge in [-0.2, -0.15) is 5.10 Å². The molecule has 0 aliphatic heterocycles. The van der Waals surface area contributed by atoms with Crippen molar-refractivity contribution in [3.8, 4) is 11.3 Å². The molecule has 0 aliphatic carbocycles. The van der Waals surface area contributed by atoms with Crippen LogP contribution in [0.5, 0.6) is 0 Å². The molecular formula is C21H16N2. The van der Waals surface area contributed by atoms with E-state index in [9.17, 15) is 0 Å². The number of hydrogen-bond acceptors (Lipinski definition) is 2. The van der Waals surface area contributed by atoms with Gasteiger partial charge in [0.15, 0.2) is 0 Å². The number of fused-ring (bicyclic) bond motifs is 1. The minimum atomic E-state index is 0.795. The minimum Gasteiger partial charge on any atom is -0.154 e. The van der Waals surface area contributed by atoms with Crippen molar-refractivity contribution in [2.24, 2.45) is 0 Å². The quantitative estimate of drug-likeness (QED) is 0.538. The van der Waals surface area contributed by atoms with Crippen LogP contribution < -0.4 is 0 Å². The second kappa shape index (κ2) is 6.01. The Morgan fingerprint density at radius 2 is 1.17 bits per heavy atom. The van der Waals surface area contributed by atoms with Gasteiger partial charge in [0.1, 0.15) is 5.69 Å². The fourth-order valence-corrected chi connectivity index (χ4v) is 2.89. The van der Waals surface area contributed by atoms with Gasteiger partial charge in [0, 0.05) is 22.8 Å². The normalized spacial score (nSPS) is 10.8. The lowest BCUT2D eigenvalue weighted by Crippen LogP contribution is -1.99. The van der Waals surface area contributed by atoms with Crippen molar-refractivity contribution in [3.63, 3.8) is 0 Å². The van der Waals surface area contributed by atoms with E-state index in [4.69, 9.17) is 0 Å². The van der Waals surface area contributed by atoms with Crippen molar-refractivity contribution in [1.82, 2.24) is 10.2 Å². The van der Waals surface area contributed by atoms with Crippen LogP contribution >= 0.6 is 0 Å². The van der Waals surface area contributed by atoms with Gasteiger partial charge in [0.05, 0.1) is 5.69 Å². The van der Waals surface area contributed by atoms with Gasteiger partial charge in [-0.25, -0.2) is 0 Å². The maximum atomic E-state index is 4.53. The molecule has 2 nitrogen and oxygen atoms in total. The summed E-state index contributed by atoms with van der Waals surface area (Å²) in [5.74, 6) is 0. The predicted octanol–water partition coefficient (Wildman–Crippen LogP) is 4.89. The van der Waals surface area contributed by atoms with Crippen molar-refractivity contribution >= 4 is 10.8 Å². The summed E-state index contributed by atoms with van der Waals surface area (Å²) in [6.07, 6.45) is 0.795. The highest BCUT2D eigenvalue weighted by atomic mass is 15.1. The third kappa shape index (κ3) is 2.71. The minimum absolute atomic E-state index is 0.795. The second-order valence-electron chi connectivity index (χ2n) is 5.57. The van der Waals surface area contributed by atoms with Crippen molar-refractivity contribution in [1.29, 1.82) is 0 Å². The molecule has 0 radical (unpaired) electrons. The molecule has 0 spiro atoms. The van der Waals surface area contributed by atoms with Gasteiger partial charge < -0.3 is 0 Å². The molecule has 4 rings (SSSR count). The van der Waals surface area contributed by atoms with Crippen LogP contribution in [0.25, 0.3) is 22.0 Å². The van der Waals surface area contributed by atoms with Crippen molar-refractivity contribution in [3.05, 3.63) is 96.2 Å². The molecular weight excluding hydrogens is 280 g/mol. The summed E-state index contributed by atoms with van der Waals surface area (Å²) in [4.78, 5) is 0. The molecule has 0 bridgehead atoms. The van der Waals surface area contributed by atoms with Gasteiger partial charge in [-0.05, 0) is 5.56 Å². The Balaban J connectivity index is 1.86. The van der Waals surface area contributed by atoms with Crippen molar-refractivity contribution in [2.45, 2.75) is 6.42 Å². The number of aromatic nitrogens is 2. The molecule has 0 fully saturated rings. The van der Waals surface area contributed by atoms with E-state index in [1.54, 1.807) is 0 Å². The fraction of sp³-hybridized carbons (Fsp3) is 0.0476. The Morgan fingerprint density at radius 1 is 0.565 bits per heavy atom. The first kappa shape index (κ1) is 13.6. The maximum Gasteiger partial charge on any atom is 0.101 e. The molecule has 0 amide bonds. The van der Waals surface area contributed by atoms with E-state index in [0.717, 1.165) is 28.8 Å². The molecule has 0 aliphatic rings. The van der Waals surface area contributed by atoms with Gasteiger partial charge in [-0.15, -0.1) is 5.10 Å². The lowest BCUT2D eigenvalue weighted by Gasteiger charge is -2.09. The molecule has 0 saturated carbocycles. The fourth-order valence-electron chi connectivity index (χ4n) is 2.89. The van der Waals surface area contributed by atoms with E-state index in [1.807, 2.05) is 24.3 Å². The number of nitrogens with zero attached hydrogens (tertiary/aromatic N) is 2. The molecule has 1 heterocycles. The Hall–Kier alpha value is -3.00. The van der Waals surface area contributed by atoms with Crippen LogP contribution in [0.3, 0.4) is 0 Å². The smallest absolute Gasteiger partial charge is 0.101 e. The maximum absolute atomic E-state index is 4.53. The number of benzene rings is 3. The Labute approximate surface area is 135 Å². The molecule has 0 unspecified atom stereocenters. The summed E-state index contributed by atoms with van der Waals surface area (Å²) >= 11 is 0. The Morgan fingerprint density at radius 3 is 1.91 bits per heavy atom. The molecule has 2 heteroatoms. The van der Waals surface area contributed by atoms with Gasteiger partial charge >= 0.3 is 0 Å².